The Hall–Kier alpha value is -1.60. The monoisotopic (exact) mass is 413 g/mol. The number of amides is 1. The van der Waals surface area contributed by atoms with E-state index in [0.717, 1.165) is 4.47 Å². The molecule has 1 heterocycles. The van der Waals surface area contributed by atoms with Gasteiger partial charge in [-0.15, -0.1) is 0 Å². The van der Waals surface area contributed by atoms with Gasteiger partial charge in [0.1, 0.15) is 11.8 Å². The minimum absolute atomic E-state index is 0.177. The molecule has 2 rings (SSSR count). The van der Waals surface area contributed by atoms with Crippen molar-refractivity contribution in [2.75, 3.05) is 13.2 Å². The van der Waals surface area contributed by atoms with E-state index in [1.54, 1.807) is 45.0 Å². The fourth-order valence-electron chi connectivity index (χ4n) is 2.69. The smallest absolute Gasteiger partial charge is 0.412 e. The largest absolute Gasteiger partial charge is 0.481 e. The van der Waals surface area contributed by atoms with Crippen LogP contribution in [0.2, 0.25) is 0 Å². The number of carbonyl (C=O) groups excluding carboxylic acids is 1. The third kappa shape index (κ3) is 5.71. The molecule has 2 unspecified atom stereocenters. The molecular weight excluding hydrogens is 390 g/mol. The third-order valence-electron chi connectivity index (χ3n) is 3.84. The normalized spacial score (nSPS) is 19.4. The molecule has 0 radical (unpaired) electrons. The minimum Gasteiger partial charge on any atom is -0.481 e. The number of hydrogen-bond acceptors (Lipinski definition) is 4. The van der Waals surface area contributed by atoms with E-state index in [2.05, 4.69) is 15.9 Å². The van der Waals surface area contributed by atoms with Crippen molar-refractivity contribution in [3.63, 3.8) is 0 Å². The summed E-state index contributed by atoms with van der Waals surface area (Å²) in [4.78, 5) is 25.7. The highest BCUT2D eigenvalue weighted by molar-refractivity contribution is 9.10. The van der Waals surface area contributed by atoms with E-state index in [4.69, 9.17) is 9.47 Å². The molecule has 0 bridgehead atoms. The first-order valence-corrected chi connectivity index (χ1v) is 9.06. The predicted octanol–water partition coefficient (Wildman–Crippen LogP) is 3.99. The van der Waals surface area contributed by atoms with Crippen LogP contribution in [0.15, 0.2) is 28.7 Å². The van der Waals surface area contributed by atoms with Gasteiger partial charge in [0.2, 0.25) is 0 Å². The summed E-state index contributed by atoms with van der Waals surface area (Å²) in [5.74, 6) is -1.71. The van der Waals surface area contributed by atoms with E-state index < -0.39 is 29.8 Å². The average molecular weight is 414 g/mol. The molecule has 0 aromatic heterocycles. The molecule has 138 valence electrons. The van der Waals surface area contributed by atoms with Gasteiger partial charge in [-0.05, 0) is 44.9 Å². The first kappa shape index (κ1) is 19.7. The Morgan fingerprint density at radius 2 is 2.00 bits per heavy atom. The second-order valence-corrected chi connectivity index (χ2v) is 7.95. The molecule has 0 spiro atoms. The van der Waals surface area contributed by atoms with Crippen molar-refractivity contribution in [1.82, 2.24) is 4.90 Å². The molecule has 1 aliphatic heterocycles. The summed E-state index contributed by atoms with van der Waals surface area (Å²) in [6.45, 7) is 6.38. The fraction of sp³-hybridized carbons (Fsp3) is 0.556. The molecule has 1 aliphatic rings. The van der Waals surface area contributed by atoms with E-state index >= 15 is 0 Å². The number of hydrogen-bond donors (Lipinski definition) is 1. The molecule has 1 fully saturated rings. The Morgan fingerprint density at radius 1 is 1.36 bits per heavy atom. The Balaban J connectivity index is 2.16. The van der Waals surface area contributed by atoms with Crippen LogP contribution in [-0.4, -0.2) is 47.0 Å². The molecular formula is C18H24BrNO5. The number of carboxylic acid groups (broad SMARTS) is 1. The number of rotatable bonds is 4. The Kier molecular flexibility index (Phi) is 6.46. The zero-order valence-corrected chi connectivity index (χ0v) is 16.3. The molecule has 1 saturated heterocycles. The van der Waals surface area contributed by atoms with Crippen LogP contribution in [0.3, 0.4) is 0 Å². The Labute approximate surface area is 156 Å². The third-order valence-corrected chi connectivity index (χ3v) is 4.37. The van der Waals surface area contributed by atoms with Crippen molar-refractivity contribution < 1.29 is 24.2 Å². The zero-order valence-electron chi connectivity index (χ0n) is 14.7. The van der Waals surface area contributed by atoms with Gasteiger partial charge in [-0.1, -0.05) is 28.1 Å². The lowest BCUT2D eigenvalue weighted by Gasteiger charge is -2.37. The van der Waals surface area contributed by atoms with E-state index in [1.807, 2.05) is 0 Å². The van der Waals surface area contributed by atoms with Gasteiger partial charge in [0.05, 0.1) is 12.5 Å². The van der Waals surface area contributed by atoms with Gasteiger partial charge in [0, 0.05) is 17.4 Å². The van der Waals surface area contributed by atoms with Crippen LogP contribution in [0, 0.1) is 0 Å². The van der Waals surface area contributed by atoms with Crippen LogP contribution in [0.1, 0.15) is 45.1 Å². The van der Waals surface area contributed by atoms with Crippen molar-refractivity contribution in [2.24, 2.45) is 0 Å². The molecule has 25 heavy (non-hydrogen) atoms. The Morgan fingerprint density at radius 3 is 2.56 bits per heavy atom. The van der Waals surface area contributed by atoms with Gasteiger partial charge < -0.3 is 14.6 Å². The lowest BCUT2D eigenvalue weighted by molar-refractivity contribution is -0.143. The number of benzene rings is 1. The zero-order chi connectivity index (χ0) is 18.6. The van der Waals surface area contributed by atoms with Gasteiger partial charge in [-0.2, -0.15) is 0 Å². The summed E-state index contributed by atoms with van der Waals surface area (Å²) in [7, 11) is 0. The fourth-order valence-corrected chi connectivity index (χ4v) is 2.95. The highest BCUT2D eigenvalue weighted by Gasteiger charge is 2.35. The number of halogens is 1. The molecule has 1 N–H and O–H groups in total. The summed E-state index contributed by atoms with van der Waals surface area (Å²) in [5.41, 5.74) is 0.0609. The summed E-state index contributed by atoms with van der Waals surface area (Å²) < 4.78 is 12.0. The van der Waals surface area contributed by atoms with Crippen molar-refractivity contribution in [3.8, 4) is 0 Å². The van der Waals surface area contributed by atoms with Crippen LogP contribution >= 0.6 is 15.9 Å². The summed E-state index contributed by atoms with van der Waals surface area (Å²) in [6, 6.07) is 7.14. The molecule has 1 aromatic carbocycles. The van der Waals surface area contributed by atoms with Crippen molar-refractivity contribution in [1.29, 1.82) is 0 Å². The van der Waals surface area contributed by atoms with Crippen molar-refractivity contribution in [3.05, 3.63) is 34.3 Å². The molecule has 6 nitrogen and oxygen atoms in total. The number of carboxylic acids is 1. The van der Waals surface area contributed by atoms with Gasteiger partial charge in [0.25, 0.3) is 0 Å². The molecule has 1 aromatic rings. The summed E-state index contributed by atoms with van der Waals surface area (Å²) in [6.07, 6.45) is -0.215. The second-order valence-electron chi connectivity index (χ2n) is 7.03. The van der Waals surface area contributed by atoms with Gasteiger partial charge >= 0.3 is 12.1 Å². The minimum atomic E-state index is -0.944. The standard InChI is InChI=1S/C18H24BrNO5/c1-18(2,3)25-17(23)20-9-4-10-24-15(20)11-14(16(21)22)12-5-7-13(19)8-6-12/h5-8,14-15H,4,9-11H2,1-3H3,(H,21,22). The highest BCUT2D eigenvalue weighted by atomic mass is 79.9. The van der Waals surface area contributed by atoms with E-state index in [1.165, 1.54) is 4.90 Å². The molecule has 0 aliphatic carbocycles. The van der Waals surface area contributed by atoms with E-state index in [0.29, 0.717) is 25.1 Å². The maximum Gasteiger partial charge on any atom is 0.412 e. The number of aliphatic carboxylic acids is 1. The topological polar surface area (TPSA) is 76.1 Å². The predicted molar refractivity (Wildman–Crippen MR) is 96.4 cm³/mol. The maximum absolute atomic E-state index is 12.4. The Bertz CT molecular complexity index is 611. The van der Waals surface area contributed by atoms with E-state index in [9.17, 15) is 14.7 Å². The van der Waals surface area contributed by atoms with Crippen LogP contribution in [0.4, 0.5) is 4.79 Å². The second kappa shape index (κ2) is 8.19. The first-order chi connectivity index (χ1) is 11.7. The number of ether oxygens (including phenoxy) is 2. The lowest BCUT2D eigenvalue weighted by Crippen LogP contribution is -2.49. The number of nitrogens with zero attached hydrogens (tertiary/aromatic N) is 1. The molecule has 2 atom stereocenters. The molecule has 7 heteroatoms. The summed E-state index contributed by atoms with van der Waals surface area (Å²) in [5, 5.41) is 9.64. The van der Waals surface area contributed by atoms with Crippen LogP contribution in [0.5, 0.6) is 0 Å². The van der Waals surface area contributed by atoms with Crippen LogP contribution in [0.25, 0.3) is 0 Å². The summed E-state index contributed by atoms with van der Waals surface area (Å²) >= 11 is 3.35. The van der Waals surface area contributed by atoms with Crippen molar-refractivity contribution in [2.45, 2.75) is 51.4 Å². The van der Waals surface area contributed by atoms with E-state index in [-0.39, 0.29) is 6.42 Å². The van der Waals surface area contributed by atoms with Crippen LogP contribution in [-0.2, 0) is 14.3 Å². The molecule has 0 saturated carbocycles. The van der Waals surface area contributed by atoms with Crippen LogP contribution < -0.4 is 0 Å². The highest BCUT2D eigenvalue weighted by Crippen LogP contribution is 2.28. The SMILES string of the molecule is CC(C)(C)OC(=O)N1CCCOC1CC(C(=O)O)c1ccc(Br)cc1. The van der Waals surface area contributed by atoms with Gasteiger partial charge in [-0.3, -0.25) is 9.69 Å². The quantitative estimate of drug-likeness (QED) is 0.807. The average Bonchev–Trinajstić information content (AvgIpc) is 2.52. The number of carbonyl (C=O) groups is 2. The molecule has 1 amide bonds. The van der Waals surface area contributed by atoms with Crippen molar-refractivity contribution >= 4 is 28.0 Å². The van der Waals surface area contributed by atoms with Gasteiger partial charge in [-0.25, -0.2) is 4.79 Å². The van der Waals surface area contributed by atoms with Gasteiger partial charge in [0.15, 0.2) is 0 Å². The maximum atomic E-state index is 12.4. The first-order valence-electron chi connectivity index (χ1n) is 8.27. The lowest BCUT2D eigenvalue weighted by atomic mass is 9.94.